The number of hydrogen-bond donors (Lipinski definition) is 0. The first kappa shape index (κ1) is 23.8. The fourth-order valence-corrected chi connectivity index (χ4v) is 4.50. The lowest BCUT2D eigenvalue weighted by atomic mass is 10.0. The van der Waals surface area contributed by atoms with E-state index in [4.69, 9.17) is 0 Å². The van der Waals surface area contributed by atoms with Crippen LogP contribution < -0.4 is 0 Å². The highest BCUT2D eigenvalue weighted by Gasteiger charge is 2.24. The molecule has 0 aromatic heterocycles. The molecular weight excluding hydrogens is 352 g/mol. The third-order valence-electron chi connectivity index (χ3n) is 6.31. The summed E-state index contributed by atoms with van der Waals surface area (Å²) in [5.41, 5.74) is 1.39. The van der Waals surface area contributed by atoms with Crippen molar-refractivity contribution in [1.29, 1.82) is 0 Å². The van der Waals surface area contributed by atoms with E-state index in [-0.39, 0.29) is 0 Å². The van der Waals surface area contributed by atoms with Gasteiger partial charge in [-0.25, -0.2) is 0 Å². The zero-order chi connectivity index (χ0) is 20.6. The van der Waals surface area contributed by atoms with Gasteiger partial charge in [0.05, 0.1) is 0 Å². The minimum atomic E-state index is 0.378. The fraction of sp³-hybridized carbons (Fsp3) is 0.704. The predicted molar refractivity (Wildman–Crippen MR) is 128 cm³/mol. The van der Waals surface area contributed by atoms with Crippen LogP contribution in [0.1, 0.15) is 115 Å². The smallest absolute Gasteiger partial charge is 0.127 e. The second kappa shape index (κ2) is 15.4. The zero-order valence-corrected chi connectivity index (χ0v) is 19.3. The predicted octanol–water partition coefficient (Wildman–Crippen LogP) is 8.28. The molecule has 0 N–H and O–H groups in total. The third kappa shape index (κ3) is 9.74. The average molecular weight is 399 g/mol. The molecule has 2 rings (SSSR count). The van der Waals surface area contributed by atoms with E-state index in [0.29, 0.717) is 6.17 Å². The van der Waals surface area contributed by atoms with E-state index in [1.54, 1.807) is 0 Å². The van der Waals surface area contributed by atoms with Crippen molar-refractivity contribution in [2.24, 2.45) is 0 Å². The second-order valence-corrected chi connectivity index (χ2v) is 8.94. The van der Waals surface area contributed by atoms with Crippen molar-refractivity contribution in [2.45, 2.75) is 109 Å². The highest BCUT2D eigenvalue weighted by molar-refractivity contribution is 5.21. The summed E-state index contributed by atoms with van der Waals surface area (Å²) in [6.45, 7) is 3.46. The molecule has 0 saturated carbocycles. The van der Waals surface area contributed by atoms with Crippen LogP contribution in [0.3, 0.4) is 0 Å². The Balaban J connectivity index is 1.41. The number of nitrogens with zero attached hydrogens (tertiary/aromatic N) is 2. The molecule has 0 bridgehead atoms. The van der Waals surface area contributed by atoms with Crippen molar-refractivity contribution in [1.82, 2.24) is 9.80 Å². The highest BCUT2D eigenvalue weighted by Crippen LogP contribution is 2.29. The zero-order valence-electron chi connectivity index (χ0n) is 19.3. The van der Waals surface area contributed by atoms with E-state index in [1.165, 1.54) is 108 Å². The van der Waals surface area contributed by atoms with Crippen LogP contribution in [0.5, 0.6) is 0 Å². The molecular formula is C27H46N2. The molecule has 2 heteroatoms. The number of benzene rings is 1. The highest BCUT2D eigenvalue weighted by atomic mass is 15.4. The lowest BCUT2D eigenvalue weighted by molar-refractivity contribution is 0.176. The molecule has 1 aliphatic rings. The normalized spacial score (nSPS) is 16.1. The van der Waals surface area contributed by atoms with Gasteiger partial charge in [-0.15, -0.1) is 0 Å². The largest absolute Gasteiger partial charge is 0.355 e. The van der Waals surface area contributed by atoms with Crippen molar-refractivity contribution in [2.75, 3.05) is 13.6 Å². The van der Waals surface area contributed by atoms with Crippen molar-refractivity contribution in [3.05, 3.63) is 48.3 Å². The first-order valence-electron chi connectivity index (χ1n) is 12.5. The van der Waals surface area contributed by atoms with Gasteiger partial charge in [0.15, 0.2) is 0 Å². The summed E-state index contributed by atoms with van der Waals surface area (Å²) in [4.78, 5) is 4.82. The van der Waals surface area contributed by atoms with Gasteiger partial charge < -0.3 is 9.80 Å². The Morgan fingerprint density at radius 3 is 1.62 bits per heavy atom. The fourth-order valence-electron chi connectivity index (χ4n) is 4.50. The first-order valence-corrected chi connectivity index (χ1v) is 12.5. The van der Waals surface area contributed by atoms with Crippen molar-refractivity contribution < 1.29 is 0 Å². The molecule has 29 heavy (non-hydrogen) atoms. The molecule has 0 amide bonds. The van der Waals surface area contributed by atoms with Crippen LogP contribution in [-0.2, 0) is 0 Å². The van der Waals surface area contributed by atoms with Gasteiger partial charge in [0, 0.05) is 26.0 Å². The molecule has 0 aliphatic carbocycles. The molecule has 1 aromatic carbocycles. The Hall–Kier alpha value is -1.44. The molecule has 1 heterocycles. The van der Waals surface area contributed by atoms with Gasteiger partial charge in [-0.1, -0.05) is 127 Å². The van der Waals surface area contributed by atoms with E-state index in [2.05, 4.69) is 66.5 Å². The summed E-state index contributed by atoms with van der Waals surface area (Å²) in [7, 11) is 2.18. The molecule has 164 valence electrons. The van der Waals surface area contributed by atoms with Gasteiger partial charge in [-0.2, -0.15) is 0 Å². The maximum absolute atomic E-state index is 2.50. The molecule has 1 aromatic rings. The number of rotatable bonds is 17. The summed E-state index contributed by atoms with van der Waals surface area (Å²) in [5.74, 6) is 0. The van der Waals surface area contributed by atoms with Crippen LogP contribution >= 0.6 is 0 Å². The summed E-state index contributed by atoms with van der Waals surface area (Å²) < 4.78 is 0. The van der Waals surface area contributed by atoms with Gasteiger partial charge in [0.1, 0.15) is 6.17 Å². The summed E-state index contributed by atoms with van der Waals surface area (Å²) in [6.07, 6.45) is 26.3. The van der Waals surface area contributed by atoms with Crippen molar-refractivity contribution in [3.8, 4) is 0 Å². The second-order valence-electron chi connectivity index (χ2n) is 8.94. The van der Waals surface area contributed by atoms with E-state index in [1.807, 2.05) is 0 Å². The lowest BCUT2D eigenvalue weighted by Gasteiger charge is -2.31. The lowest BCUT2D eigenvalue weighted by Crippen LogP contribution is -2.29. The molecule has 0 saturated heterocycles. The minimum absolute atomic E-state index is 0.378. The van der Waals surface area contributed by atoms with E-state index in [9.17, 15) is 0 Å². The molecule has 0 fully saturated rings. The van der Waals surface area contributed by atoms with Crippen LogP contribution in [0.2, 0.25) is 0 Å². The SMILES string of the molecule is CCCCCCCCCCCCCCCCCN1C=CN(C)C1c1ccccc1. The maximum atomic E-state index is 2.50. The maximum Gasteiger partial charge on any atom is 0.127 e. The van der Waals surface area contributed by atoms with Gasteiger partial charge in [0.25, 0.3) is 0 Å². The average Bonchev–Trinajstić information content (AvgIpc) is 3.11. The Morgan fingerprint density at radius 2 is 1.10 bits per heavy atom. The molecule has 0 radical (unpaired) electrons. The molecule has 1 aliphatic heterocycles. The van der Waals surface area contributed by atoms with Gasteiger partial charge in [-0.3, -0.25) is 0 Å². The Labute approximate surface area is 181 Å². The van der Waals surface area contributed by atoms with Crippen LogP contribution in [0, 0.1) is 0 Å². The quantitative estimate of drug-likeness (QED) is 0.244. The van der Waals surface area contributed by atoms with E-state index < -0.39 is 0 Å². The molecule has 1 atom stereocenters. The van der Waals surface area contributed by atoms with Crippen LogP contribution in [0.15, 0.2) is 42.7 Å². The standard InChI is InChI=1S/C27H46N2/c1-3-4-5-6-7-8-9-10-11-12-13-14-15-16-20-23-29-25-24-28(2)27(29)26-21-18-17-19-22-26/h17-19,21-22,24-25,27H,3-16,20,23H2,1-2H3. The number of unbranched alkanes of at least 4 members (excludes halogenated alkanes) is 14. The van der Waals surface area contributed by atoms with Crippen molar-refractivity contribution >= 4 is 0 Å². The van der Waals surface area contributed by atoms with E-state index in [0.717, 1.165) is 0 Å². The molecule has 1 unspecified atom stereocenters. The Bertz CT molecular complexity index is 525. The summed E-state index contributed by atoms with van der Waals surface area (Å²) >= 11 is 0. The number of hydrogen-bond acceptors (Lipinski definition) is 2. The van der Waals surface area contributed by atoms with Crippen molar-refractivity contribution in [3.63, 3.8) is 0 Å². The van der Waals surface area contributed by atoms with Crippen LogP contribution in [-0.4, -0.2) is 23.4 Å². The van der Waals surface area contributed by atoms with Gasteiger partial charge >= 0.3 is 0 Å². The molecule has 0 spiro atoms. The monoisotopic (exact) mass is 398 g/mol. The van der Waals surface area contributed by atoms with Gasteiger partial charge in [0.2, 0.25) is 0 Å². The van der Waals surface area contributed by atoms with Gasteiger partial charge in [-0.05, 0) is 12.0 Å². The first-order chi connectivity index (χ1) is 14.3. The third-order valence-corrected chi connectivity index (χ3v) is 6.31. The van der Waals surface area contributed by atoms with Crippen LogP contribution in [0.25, 0.3) is 0 Å². The Morgan fingerprint density at radius 1 is 0.621 bits per heavy atom. The summed E-state index contributed by atoms with van der Waals surface area (Å²) in [6, 6.07) is 10.9. The summed E-state index contributed by atoms with van der Waals surface area (Å²) in [5, 5.41) is 0. The van der Waals surface area contributed by atoms with E-state index >= 15 is 0 Å². The Kier molecular flexibility index (Phi) is 12.7. The minimum Gasteiger partial charge on any atom is -0.355 e. The van der Waals surface area contributed by atoms with Crippen LogP contribution in [0.4, 0.5) is 0 Å². The molecule has 2 nitrogen and oxygen atoms in total. The topological polar surface area (TPSA) is 6.48 Å².